The molecule has 4 rings (SSSR count). The van der Waals surface area contributed by atoms with E-state index in [1.165, 1.54) is 0 Å². The molecule has 1 heterocycles. The highest BCUT2D eigenvalue weighted by Crippen LogP contribution is 2.27. The normalized spacial score (nSPS) is 10.5. The van der Waals surface area contributed by atoms with E-state index in [2.05, 4.69) is 29.6 Å². The molecule has 0 saturated carbocycles. The number of carbonyl (C=O) groups is 2. The van der Waals surface area contributed by atoms with Crippen LogP contribution in [0.25, 0.3) is 22.6 Å². The molecule has 0 saturated heterocycles. The first-order valence-corrected chi connectivity index (χ1v) is 14.1. The van der Waals surface area contributed by atoms with Crippen molar-refractivity contribution in [2.75, 3.05) is 20.3 Å². The summed E-state index contributed by atoms with van der Waals surface area (Å²) in [6.07, 6.45) is 2.58. The van der Waals surface area contributed by atoms with Crippen LogP contribution in [0.1, 0.15) is 42.8 Å². The van der Waals surface area contributed by atoms with E-state index in [0.29, 0.717) is 44.7 Å². The number of aldehydes is 1. The zero-order chi connectivity index (χ0) is 30.3. The van der Waals surface area contributed by atoms with Crippen LogP contribution in [0.2, 0.25) is 0 Å². The number of aliphatic hydroxyl groups excluding tert-OH is 1. The van der Waals surface area contributed by atoms with E-state index >= 15 is 0 Å². The maximum atomic E-state index is 11.8. The molecule has 0 bridgehead atoms. The molecule has 0 unspecified atom stereocenters. The Morgan fingerprint density at radius 2 is 1.67 bits per heavy atom. The number of aryl methyl sites for hydroxylation is 2. The smallest absolute Gasteiger partial charge is 0.407 e. The molecular weight excluding hydrogens is 532 g/mol. The molecule has 8 heteroatoms. The van der Waals surface area contributed by atoms with Crippen LogP contribution in [0.15, 0.2) is 77.2 Å². The second kappa shape index (κ2) is 16.7. The number of ether oxygens (including phenoxy) is 2. The van der Waals surface area contributed by atoms with E-state index in [9.17, 15) is 9.59 Å². The highest BCUT2D eigenvalue weighted by Gasteiger charge is 2.13. The van der Waals surface area contributed by atoms with Crippen LogP contribution in [0.4, 0.5) is 4.79 Å². The molecule has 0 spiro atoms. The number of alkyl carbamates (subject to hydrolysis) is 1. The number of oxazole rings is 1. The van der Waals surface area contributed by atoms with Gasteiger partial charge in [0.05, 0.1) is 18.4 Å². The van der Waals surface area contributed by atoms with Gasteiger partial charge in [-0.2, -0.15) is 0 Å². The molecule has 0 atom stereocenters. The van der Waals surface area contributed by atoms with Gasteiger partial charge in [-0.25, -0.2) is 9.78 Å². The Balaban J connectivity index is 0.00000237. The van der Waals surface area contributed by atoms with Crippen LogP contribution < -0.4 is 10.1 Å². The maximum Gasteiger partial charge on any atom is 0.407 e. The predicted molar refractivity (Wildman–Crippen MR) is 164 cm³/mol. The van der Waals surface area contributed by atoms with Crippen molar-refractivity contribution < 1.29 is 28.6 Å². The number of nitrogens with one attached hydrogen (secondary N) is 1. The quantitative estimate of drug-likeness (QED) is 0.180. The lowest BCUT2D eigenvalue weighted by Gasteiger charge is -2.13. The van der Waals surface area contributed by atoms with Crippen molar-refractivity contribution in [3.8, 4) is 28.3 Å². The van der Waals surface area contributed by atoms with E-state index < -0.39 is 6.09 Å². The molecule has 0 radical (unpaired) electrons. The lowest BCUT2D eigenvalue weighted by atomic mass is 10.00. The third kappa shape index (κ3) is 9.59. The summed E-state index contributed by atoms with van der Waals surface area (Å²) in [4.78, 5) is 27.5. The standard InChI is InChI=1S/C33H36N2O5.CH4O/c1-23(2)39-33(37)34-18-16-28-22-30(15-14-26(28)13-8-19-36)38-20-17-31-24(3)40-32(35-31)29-12-7-11-27(21-29)25-9-5-4-6-10-25;1-2/h4-7,9-12,14-15,19,21-23H,8,13,16-18,20H2,1-3H3,(H,34,37);2H,1H3. The molecule has 8 nitrogen and oxygen atoms in total. The summed E-state index contributed by atoms with van der Waals surface area (Å²) in [6.45, 7) is 6.40. The molecule has 4 aromatic rings. The summed E-state index contributed by atoms with van der Waals surface area (Å²) in [5, 5.41) is 9.77. The van der Waals surface area contributed by atoms with Gasteiger partial charge in [0.1, 0.15) is 17.8 Å². The fraction of sp³-hybridized carbons (Fsp3) is 0.324. The van der Waals surface area contributed by atoms with Crippen molar-refractivity contribution in [3.63, 3.8) is 0 Å². The molecule has 1 aromatic heterocycles. The molecule has 0 fully saturated rings. The number of nitrogens with zero attached hydrogens (tertiary/aromatic N) is 1. The van der Waals surface area contributed by atoms with Gasteiger partial charge in [0, 0.05) is 32.1 Å². The van der Waals surface area contributed by atoms with Gasteiger partial charge in [0.25, 0.3) is 0 Å². The number of amides is 1. The Morgan fingerprint density at radius 1 is 0.929 bits per heavy atom. The first-order valence-electron chi connectivity index (χ1n) is 14.1. The van der Waals surface area contributed by atoms with Crippen LogP contribution in [0.5, 0.6) is 5.75 Å². The molecule has 42 heavy (non-hydrogen) atoms. The number of carbonyl (C=O) groups excluding carboxylic acids is 2. The van der Waals surface area contributed by atoms with E-state index in [4.69, 9.17) is 24.0 Å². The highest BCUT2D eigenvalue weighted by atomic mass is 16.6. The van der Waals surface area contributed by atoms with Gasteiger partial charge in [-0.05, 0) is 80.1 Å². The van der Waals surface area contributed by atoms with Crippen molar-refractivity contribution in [2.45, 2.75) is 52.6 Å². The summed E-state index contributed by atoms with van der Waals surface area (Å²) in [7, 11) is 1.00. The Morgan fingerprint density at radius 3 is 2.40 bits per heavy atom. The fourth-order valence-electron chi connectivity index (χ4n) is 4.45. The van der Waals surface area contributed by atoms with Crippen LogP contribution in [0, 0.1) is 6.92 Å². The Bertz CT molecular complexity index is 1410. The Hall–Kier alpha value is -4.43. The number of aliphatic hydroxyl groups is 1. The van der Waals surface area contributed by atoms with E-state index in [1.807, 2.05) is 69.3 Å². The largest absolute Gasteiger partial charge is 0.493 e. The average Bonchev–Trinajstić information content (AvgIpc) is 3.38. The topological polar surface area (TPSA) is 111 Å². The maximum absolute atomic E-state index is 11.8. The van der Waals surface area contributed by atoms with E-state index in [1.54, 1.807) is 0 Å². The molecular formula is C34H40N2O6. The lowest BCUT2D eigenvalue weighted by Crippen LogP contribution is -2.28. The number of hydrogen-bond donors (Lipinski definition) is 2. The van der Waals surface area contributed by atoms with Crippen molar-refractivity contribution in [3.05, 3.63) is 95.4 Å². The average molecular weight is 573 g/mol. The minimum Gasteiger partial charge on any atom is -0.493 e. The molecule has 0 aliphatic carbocycles. The SMILES string of the molecule is CO.Cc1oc(-c2cccc(-c3ccccc3)c2)nc1CCOc1ccc(CCC=O)c(CCNC(=O)OC(C)C)c1. The minimum atomic E-state index is -0.439. The molecule has 0 aliphatic heterocycles. The van der Waals surface area contributed by atoms with Crippen molar-refractivity contribution in [2.24, 2.45) is 0 Å². The fourth-order valence-corrected chi connectivity index (χ4v) is 4.45. The molecule has 0 aliphatic rings. The van der Waals surface area contributed by atoms with Crippen molar-refractivity contribution in [1.29, 1.82) is 0 Å². The minimum absolute atomic E-state index is 0.177. The van der Waals surface area contributed by atoms with Crippen LogP contribution in [-0.2, 0) is 28.8 Å². The summed E-state index contributed by atoms with van der Waals surface area (Å²) in [5.74, 6) is 2.09. The van der Waals surface area contributed by atoms with Gasteiger partial charge in [0.15, 0.2) is 0 Å². The summed E-state index contributed by atoms with van der Waals surface area (Å²) in [6, 6.07) is 24.3. The highest BCUT2D eigenvalue weighted by molar-refractivity contribution is 5.70. The second-order valence-electron chi connectivity index (χ2n) is 9.83. The first-order chi connectivity index (χ1) is 20.4. The number of hydrogen-bond acceptors (Lipinski definition) is 7. The summed E-state index contributed by atoms with van der Waals surface area (Å²) < 4.78 is 17.2. The molecule has 1 amide bonds. The number of benzene rings is 3. The first kappa shape index (κ1) is 32.1. The predicted octanol–water partition coefficient (Wildman–Crippen LogP) is 6.36. The van der Waals surface area contributed by atoms with Gasteiger partial charge in [-0.3, -0.25) is 0 Å². The van der Waals surface area contributed by atoms with Crippen molar-refractivity contribution in [1.82, 2.24) is 10.3 Å². The third-order valence-corrected chi connectivity index (χ3v) is 6.43. The van der Waals surface area contributed by atoms with Gasteiger partial charge in [0.2, 0.25) is 5.89 Å². The second-order valence-corrected chi connectivity index (χ2v) is 9.83. The van der Waals surface area contributed by atoms with Crippen LogP contribution in [0.3, 0.4) is 0 Å². The third-order valence-electron chi connectivity index (χ3n) is 6.43. The van der Waals surface area contributed by atoms with E-state index in [-0.39, 0.29) is 6.10 Å². The molecule has 222 valence electrons. The number of aromatic nitrogens is 1. The zero-order valence-electron chi connectivity index (χ0n) is 24.8. The number of rotatable bonds is 13. The van der Waals surface area contributed by atoms with E-state index in [0.717, 1.165) is 58.4 Å². The zero-order valence-corrected chi connectivity index (χ0v) is 24.8. The summed E-state index contributed by atoms with van der Waals surface area (Å²) >= 11 is 0. The lowest BCUT2D eigenvalue weighted by molar-refractivity contribution is -0.107. The van der Waals surface area contributed by atoms with Gasteiger partial charge in [-0.15, -0.1) is 0 Å². The molecule has 2 N–H and O–H groups in total. The van der Waals surface area contributed by atoms with Gasteiger partial charge < -0.3 is 29.1 Å². The summed E-state index contributed by atoms with van der Waals surface area (Å²) in [5.41, 5.74) is 6.13. The molecule has 3 aromatic carbocycles. The monoisotopic (exact) mass is 572 g/mol. The van der Waals surface area contributed by atoms with Crippen LogP contribution in [-0.4, -0.2) is 48.8 Å². The van der Waals surface area contributed by atoms with Crippen LogP contribution >= 0.6 is 0 Å². The van der Waals surface area contributed by atoms with Crippen molar-refractivity contribution >= 4 is 12.4 Å². The Labute approximate surface area is 247 Å². The van der Waals surface area contributed by atoms with Gasteiger partial charge >= 0.3 is 6.09 Å². The van der Waals surface area contributed by atoms with Gasteiger partial charge in [-0.1, -0.05) is 48.5 Å². The Kier molecular flexibility index (Phi) is 12.8.